The summed E-state index contributed by atoms with van der Waals surface area (Å²) < 4.78 is 5.17. The van der Waals surface area contributed by atoms with Crippen LogP contribution >= 0.6 is 0 Å². The molecular weight excluding hydrogens is 232 g/mol. The predicted octanol–water partition coefficient (Wildman–Crippen LogP) is 1.82. The van der Waals surface area contributed by atoms with E-state index in [4.69, 9.17) is 4.74 Å². The minimum Gasteiger partial charge on any atom is -0.444 e. The van der Waals surface area contributed by atoms with Gasteiger partial charge in [0.05, 0.1) is 0 Å². The van der Waals surface area contributed by atoms with Gasteiger partial charge in [-0.3, -0.25) is 4.79 Å². The highest BCUT2D eigenvalue weighted by Gasteiger charge is 2.25. The summed E-state index contributed by atoms with van der Waals surface area (Å²) in [5.74, 6) is 0.0998. The molecule has 1 aliphatic rings. The number of hydrogen-bond acceptors (Lipinski definition) is 3. The highest BCUT2D eigenvalue weighted by Crippen LogP contribution is 2.17. The highest BCUT2D eigenvalue weighted by molar-refractivity contribution is 5.79. The monoisotopic (exact) mass is 256 g/mol. The molecule has 1 rings (SSSR count). The number of ether oxygens (including phenoxy) is 1. The molecule has 18 heavy (non-hydrogen) atoms. The van der Waals surface area contributed by atoms with Gasteiger partial charge in [0.15, 0.2) is 0 Å². The summed E-state index contributed by atoms with van der Waals surface area (Å²) in [6.07, 6.45) is 2.14. The maximum Gasteiger partial charge on any atom is 0.407 e. The summed E-state index contributed by atoms with van der Waals surface area (Å²) in [6, 6.07) is -0.0614. The summed E-state index contributed by atoms with van der Waals surface area (Å²) in [5.41, 5.74) is -0.494. The van der Waals surface area contributed by atoms with Gasteiger partial charge < -0.3 is 15.4 Å². The molecule has 1 fully saturated rings. The third-order valence-electron chi connectivity index (χ3n) is 2.80. The molecular formula is C13H24N2O3. The molecule has 0 spiro atoms. The van der Waals surface area contributed by atoms with Crippen LogP contribution in [0.25, 0.3) is 0 Å². The van der Waals surface area contributed by atoms with Crippen molar-refractivity contribution in [3.05, 3.63) is 0 Å². The Bertz CT molecular complexity index is 310. The van der Waals surface area contributed by atoms with Crippen molar-refractivity contribution in [2.75, 3.05) is 6.54 Å². The van der Waals surface area contributed by atoms with Gasteiger partial charge in [-0.2, -0.15) is 0 Å². The standard InChI is InChI=1S/C13H24N2O3/c1-9(15-12(17)18-13(2,3)4)8-10-6-5-7-14-11(10)16/h9-10H,5-8H2,1-4H3,(H,14,16)(H,15,17)/t9-,10+/m1/s1. The van der Waals surface area contributed by atoms with Gasteiger partial charge in [-0.1, -0.05) is 0 Å². The van der Waals surface area contributed by atoms with Crippen LogP contribution in [0, 0.1) is 5.92 Å². The van der Waals surface area contributed by atoms with E-state index >= 15 is 0 Å². The number of piperidine rings is 1. The van der Waals surface area contributed by atoms with Gasteiger partial charge in [-0.05, 0) is 47.0 Å². The quantitative estimate of drug-likeness (QED) is 0.809. The lowest BCUT2D eigenvalue weighted by Gasteiger charge is -2.26. The van der Waals surface area contributed by atoms with E-state index in [9.17, 15) is 9.59 Å². The van der Waals surface area contributed by atoms with Gasteiger partial charge in [0, 0.05) is 18.5 Å². The number of carbonyl (C=O) groups excluding carboxylic acids is 2. The maximum atomic E-state index is 11.6. The molecule has 2 amide bonds. The first-order valence-corrected chi connectivity index (χ1v) is 6.55. The van der Waals surface area contributed by atoms with Gasteiger partial charge in [0.1, 0.15) is 5.60 Å². The number of amides is 2. The summed E-state index contributed by atoms with van der Waals surface area (Å²) >= 11 is 0. The Kier molecular flexibility index (Phi) is 4.99. The average Bonchev–Trinajstić information content (AvgIpc) is 2.18. The van der Waals surface area contributed by atoms with E-state index in [1.807, 2.05) is 27.7 Å². The molecule has 1 saturated heterocycles. The molecule has 2 atom stereocenters. The third-order valence-corrected chi connectivity index (χ3v) is 2.80. The second-order valence-electron chi connectivity index (χ2n) is 5.91. The van der Waals surface area contributed by atoms with Gasteiger partial charge in [-0.15, -0.1) is 0 Å². The Morgan fingerprint density at radius 3 is 2.78 bits per heavy atom. The van der Waals surface area contributed by atoms with Crippen molar-refractivity contribution in [3.63, 3.8) is 0 Å². The number of rotatable bonds is 3. The number of nitrogens with one attached hydrogen (secondary N) is 2. The fourth-order valence-corrected chi connectivity index (χ4v) is 2.05. The molecule has 5 nitrogen and oxygen atoms in total. The Labute approximate surface area is 109 Å². The topological polar surface area (TPSA) is 67.4 Å². The van der Waals surface area contributed by atoms with Gasteiger partial charge in [0.25, 0.3) is 0 Å². The van der Waals surface area contributed by atoms with Crippen molar-refractivity contribution in [1.29, 1.82) is 0 Å². The predicted molar refractivity (Wildman–Crippen MR) is 69.2 cm³/mol. The van der Waals surface area contributed by atoms with E-state index in [-0.39, 0.29) is 17.9 Å². The fraction of sp³-hybridized carbons (Fsp3) is 0.846. The van der Waals surface area contributed by atoms with Gasteiger partial charge in [0.2, 0.25) is 5.91 Å². The molecule has 0 radical (unpaired) electrons. The lowest BCUT2D eigenvalue weighted by molar-refractivity contribution is -0.127. The Morgan fingerprint density at radius 2 is 2.22 bits per heavy atom. The van der Waals surface area contributed by atoms with E-state index in [0.29, 0.717) is 6.42 Å². The number of alkyl carbamates (subject to hydrolysis) is 1. The molecule has 2 N–H and O–H groups in total. The Morgan fingerprint density at radius 1 is 1.56 bits per heavy atom. The molecule has 5 heteroatoms. The largest absolute Gasteiger partial charge is 0.444 e. The lowest BCUT2D eigenvalue weighted by Crippen LogP contribution is -2.42. The lowest BCUT2D eigenvalue weighted by atomic mass is 9.92. The molecule has 0 aromatic rings. The second kappa shape index (κ2) is 6.07. The van der Waals surface area contributed by atoms with Crippen molar-refractivity contribution >= 4 is 12.0 Å². The van der Waals surface area contributed by atoms with Gasteiger partial charge in [-0.25, -0.2) is 4.79 Å². The molecule has 1 aliphatic heterocycles. The Balaban J connectivity index is 2.34. The minimum atomic E-state index is -0.494. The van der Waals surface area contributed by atoms with Crippen LogP contribution in [0.1, 0.15) is 47.0 Å². The third kappa shape index (κ3) is 5.38. The van der Waals surface area contributed by atoms with E-state index in [0.717, 1.165) is 19.4 Å². The van der Waals surface area contributed by atoms with E-state index < -0.39 is 11.7 Å². The van der Waals surface area contributed by atoms with Crippen LogP contribution in [-0.2, 0) is 9.53 Å². The van der Waals surface area contributed by atoms with Crippen LogP contribution in [0.5, 0.6) is 0 Å². The molecule has 1 heterocycles. The maximum absolute atomic E-state index is 11.6. The summed E-state index contributed by atoms with van der Waals surface area (Å²) in [5, 5.41) is 5.61. The van der Waals surface area contributed by atoms with Crippen molar-refractivity contribution < 1.29 is 14.3 Å². The highest BCUT2D eigenvalue weighted by atomic mass is 16.6. The summed E-state index contributed by atoms with van der Waals surface area (Å²) in [6.45, 7) is 8.14. The van der Waals surface area contributed by atoms with Crippen LogP contribution in [0.3, 0.4) is 0 Å². The van der Waals surface area contributed by atoms with Crippen molar-refractivity contribution in [2.45, 2.75) is 58.6 Å². The van der Waals surface area contributed by atoms with Crippen molar-refractivity contribution in [2.24, 2.45) is 5.92 Å². The Hall–Kier alpha value is -1.26. The first-order chi connectivity index (χ1) is 8.28. The van der Waals surface area contributed by atoms with E-state index in [1.165, 1.54) is 0 Å². The number of carbonyl (C=O) groups is 2. The van der Waals surface area contributed by atoms with Crippen molar-refractivity contribution in [3.8, 4) is 0 Å². The SMILES string of the molecule is C[C@H](C[C@@H]1CCCNC1=O)NC(=O)OC(C)(C)C. The van der Waals surface area contributed by atoms with Gasteiger partial charge >= 0.3 is 6.09 Å². The summed E-state index contributed by atoms with van der Waals surface area (Å²) in [4.78, 5) is 23.1. The molecule has 0 saturated carbocycles. The van der Waals surface area contributed by atoms with Crippen LogP contribution in [-0.4, -0.2) is 30.2 Å². The zero-order valence-corrected chi connectivity index (χ0v) is 11.7. The summed E-state index contributed by atoms with van der Waals surface area (Å²) in [7, 11) is 0. The average molecular weight is 256 g/mol. The molecule has 0 unspecified atom stereocenters. The molecule has 0 aromatic carbocycles. The zero-order chi connectivity index (χ0) is 13.8. The zero-order valence-electron chi connectivity index (χ0n) is 11.7. The second-order valence-corrected chi connectivity index (χ2v) is 5.91. The molecule has 0 aromatic heterocycles. The van der Waals surface area contributed by atoms with E-state index in [1.54, 1.807) is 0 Å². The van der Waals surface area contributed by atoms with Crippen LogP contribution in [0.2, 0.25) is 0 Å². The number of hydrogen-bond donors (Lipinski definition) is 2. The molecule has 104 valence electrons. The van der Waals surface area contributed by atoms with Crippen LogP contribution in [0.4, 0.5) is 4.79 Å². The smallest absolute Gasteiger partial charge is 0.407 e. The van der Waals surface area contributed by atoms with Crippen molar-refractivity contribution in [1.82, 2.24) is 10.6 Å². The molecule has 0 aliphatic carbocycles. The first kappa shape index (κ1) is 14.8. The normalized spacial score (nSPS) is 22.0. The first-order valence-electron chi connectivity index (χ1n) is 6.55. The van der Waals surface area contributed by atoms with E-state index in [2.05, 4.69) is 10.6 Å². The van der Waals surface area contributed by atoms with Crippen LogP contribution in [0.15, 0.2) is 0 Å². The minimum absolute atomic E-state index is 0.00341. The molecule has 0 bridgehead atoms. The fourth-order valence-electron chi connectivity index (χ4n) is 2.05. The van der Waals surface area contributed by atoms with Crippen LogP contribution < -0.4 is 10.6 Å².